The fourth-order valence-electron chi connectivity index (χ4n) is 2.92. The van der Waals surface area contributed by atoms with E-state index in [0.717, 1.165) is 12.8 Å². The normalized spacial score (nSPS) is 10.6. The molecule has 0 spiro atoms. The summed E-state index contributed by atoms with van der Waals surface area (Å²) in [5.41, 5.74) is 4.28. The summed E-state index contributed by atoms with van der Waals surface area (Å²) in [6.45, 7) is 4.90. The van der Waals surface area contributed by atoms with Crippen LogP contribution in [0.25, 0.3) is 0 Å². The highest BCUT2D eigenvalue weighted by atomic mass is 16.7. The Morgan fingerprint density at radius 3 is 1.67 bits per heavy atom. The fraction of sp³-hybridized carbons (Fsp3) is 0.667. The Labute approximate surface area is 147 Å². The Morgan fingerprint density at radius 2 is 1.25 bits per heavy atom. The van der Waals surface area contributed by atoms with Gasteiger partial charge in [-0.2, -0.15) is 0 Å². The lowest BCUT2D eigenvalue weighted by molar-refractivity contribution is 0.0719. The maximum atomic E-state index is 11.0. The summed E-state index contributed by atoms with van der Waals surface area (Å²) in [6, 6.07) is 7.05. The number of aryl methyl sites for hydroxylation is 3. The van der Waals surface area contributed by atoms with Crippen molar-refractivity contribution in [2.45, 2.75) is 78.1 Å². The number of benzene rings is 1. The van der Waals surface area contributed by atoms with Crippen molar-refractivity contribution in [3.05, 3.63) is 34.9 Å². The Balaban J connectivity index is 2.60. The van der Waals surface area contributed by atoms with Crippen LogP contribution in [0.15, 0.2) is 18.2 Å². The molecule has 0 aliphatic rings. The third kappa shape index (κ3) is 8.95. The molecular weight excluding hydrogens is 300 g/mol. The number of unbranched alkanes of at least 4 members (excludes halogenated alkanes) is 4. The minimum atomic E-state index is -0.594. The number of rotatable bonds is 12. The summed E-state index contributed by atoms with van der Waals surface area (Å²) in [5.74, 6) is 0. The highest BCUT2D eigenvalue weighted by molar-refractivity contribution is 5.59. The van der Waals surface area contributed by atoms with E-state index in [2.05, 4.69) is 36.8 Å². The first-order valence-electron chi connectivity index (χ1n) is 9.52. The molecule has 1 rings (SSSR count). The average Bonchev–Trinajstić information content (AvgIpc) is 2.59. The topological polar surface area (TPSA) is 35.5 Å². The molecule has 0 fully saturated rings. The molecule has 0 unspecified atom stereocenters. The van der Waals surface area contributed by atoms with Gasteiger partial charge in [0.15, 0.2) is 0 Å². The predicted octanol–water partition coefficient (Wildman–Crippen LogP) is 5.87. The average molecular weight is 334 g/mol. The van der Waals surface area contributed by atoms with Gasteiger partial charge in [0.2, 0.25) is 0 Å². The van der Waals surface area contributed by atoms with Gasteiger partial charge >= 0.3 is 6.16 Å². The standard InChI is InChI=1S/C21H34O3/c1-4-6-8-11-18-15-19(12-9-7-5-2)17-20(16-18)13-10-14-24-21(22)23-3/h15-17H,4-14H2,1-3H3. The van der Waals surface area contributed by atoms with Crippen LogP contribution < -0.4 is 0 Å². The number of carbonyl (C=O) groups excluding carboxylic acids is 1. The van der Waals surface area contributed by atoms with E-state index < -0.39 is 6.16 Å². The lowest BCUT2D eigenvalue weighted by Gasteiger charge is -2.10. The second-order valence-corrected chi connectivity index (χ2v) is 6.48. The molecule has 1 aromatic rings. The summed E-state index contributed by atoms with van der Waals surface area (Å²) in [5, 5.41) is 0. The van der Waals surface area contributed by atoms with Crippen LogP contribution in [0.5, 0.6) is 0 Å². The number of methoxy groups -OCH3 is 1. The zero-order chi connectivity index (χ0) is 17.6. The van der Waals surface area contributed by atoms with Gasteiger partial charge in [-0.25, -0.2) is 4.79 Å². The SMILES string of the molecule is CCCCCc1cc(CCCCC)cc(CCCOC(=O)OC)c1. The van der Waals surface area contributed by atoms with Crippen molar-refractivity contribution in [1.82, 2.24) is 0 Å². The van der Waals surface area contributed by atoms with Crippen LogP contribution in [-0.2, 0) is 28.7 Å². The zero-order valence-corrected chi connectivity index (χ0v) is 15.7. The van der Waals surface area contributed by atoms with Crippen LogP contribution in [0, 0.1) is 0 Å². The summed E-state index contributed by atoms with van der Waals surface area (Å²) in [7, 11) is 1.34. The first-order valence-corrected chi connectivity index (χ1v) is 9.52. The van der Waals surface area contributed by atoms with Gasteiger partial charge < -0.3 is 9.47 Å². The molecule has 24 heavy (non-hydrogen) atoms. The van der Waals surface area contributed by atoms with E-state index in [1.54, 1.807) is 0 Å². The van der Waals surface area contributed by atoms with E-state index >= 15 is 0 Å². The van der Waals surface area contributed by atoms with Crippen LogP contribution in [-0.4, -0.2) is 19.9 Å². The number of carbonyl (C=O) groups is 1. The second kappa shape index (κ2) is 12.9. The molecule has 0 heterocycles. The van der Waals surface area contributed by atoms with Crippen molar-refractivity contribution in [1.29, 1.82) is 0 Å². The van der Waals surface area contributed by atoms with Crippen molar-refractivity contribution < 1.29 is 14.3 Å². The van der Waals surface area contributed by atoms with Crippen LogP contribution in [0.1, 0.15) is 75.5 Å². The molecular formula is C21H34O3. The molecule has 0 bridgehead atoms. The molecule has 0 saturated carbocycles. The van der Waals surface area contributed by atoms with Crippen LogP contribution in [0.4, 0.5) is 4.79 Å². The van der Waals surface area contributed by atoms with Crippen molar-refractivity contribution in [2.24, 2.45) is 0 Å². The largest absolute Gasteiger partial charge is 0.507 e. The van der Waals surface area contributed by atoms with Gasteiger partial charge in [0.1, 0.15) is 0 Å². The molecule has 0 saturated heterocycles. The molecule has 136 valence electrons. The second-order valence-electron chi connectivity index (χ2n) is 6.48. The zero-order valence-electron chi connectivity index (χ0n) is 15.7. The maximum Gasteiger partial charge on any atom is 0.507 e. The van der Waals surface area contributed by atoms with Crippen LogP contribution in [0.3, 0.4) is 0 Å². The molecule has 1 aromatic carbocycles. The summed E-state index contributed by atoms with van der Waals surface area (Å²) < 4.78 is 9.46. The third-order valence-corrected chi connectivity index (χ3v) is 4.25. The van der Waals surface area contributed by atoms with Crippen molar-refractivity contribution in [3.63, 3.8) is 0 Å². The van der Waals surface area contributed by atoms with E-state index in [0.29, 0.717) is 6.61 Å². The molecule has 0 radical (unpaired) electrons. The first kappa shape index (κ1) is 20.5. The van der Waals surface area contributed by atoms with E-state index in [1.165, 1.54) is 75.2 Å². The molecule has 3 heteroatoms. The lowest BCUT2D eigenvalue weighted by atomic mass is 9.96. The summed E-state index contributed by atoms with van der Waals surface area (Å²) in [6.07, 6.45) is 11.2. The predicted molar refractivity (Wildman–Crippen MR) is 99.6 cm³/mol. The fourth-order valence-corrected chi connectivity index (χ4v) is 2.92. The molecule has 0 atom stereocenters. The highest BCUT2D eigenvalue weighted by Crippen LogP contribution is 2.17. The van der Waals surface area contributed by atoms with Crippen LogP contribution >= 0.6 is 0 Å². The van der Waals surface area contributed by atoms with Gasteiger partial charge in [-0.1, -0.05) is 57.7 Å². The highest BCUT2D eigenvalue weighted by Gasteiger charge is 2.04. The van der Waals surface area contributed by atoms with Crippen LogP contribution in [0.2, 0.25) is 0 Å². The van der Waals surface area contributed by atoms with E-state index in [4.69, 9.17) is 4.74 Å². The van der Waals surface area contributed by atoms with Crippen molar-refractivity contribution in [3.8, 4) is 0 Å². The summed E-state index contributed by atoms with van der Waals surface area (Å²) in [4.78, 5) is 11.0. The monoisotopic (exact) mass is 334 g/mol. The maximum absolute atomic E-state index is 11.0. The van der Waals surface area contributed by atoms with Gasteiger partial charge in [0.05, 0.1) is 13.7 Å². The first-order chi connectivity index (χ1) is 11.7. The lowest BCUT2D eigenvalue weighted by Crippen LogP contribution is -2.06. The Morgan fingerprint density at radius 1 is 0.792 bits per heavy atom. The number of hydrogen-bond acceptors (Lipinski definition) is 3. The van der Waals surface area contributed by atoms with E-state index in [1.807, 2.05) is 0 Å². The molecule has 0 aromatic heterocycles. The van der Waals surface area contributed by atoms with Gasteiger partial charge in [-0.3, -0.25) is 0 Å². The minimum absolute atomic E-state index is 0.415. The van der Waals surface area contributed by atoms with Gasteiger partial charge in [0, 0.05) is 0 Å². The Kier molecular flexibility index (Phi) is 11.0. The van der Waals surface area contributed by atoms with Crippen molar-refractivity contribution >= 4 is 6.16 Å². The van der Waals surface area contributed by atoms with Crippen molar-refractivity contribution in [2.75, 3.05) is 13.7 Å². The Hall–Kier alpha value is -1.51. The smallest absolute Gasteiger partial charge is 0.438 e. The van der Waals surface area contributed by atoms with Gasteiger partial charge in [-0.15, -0.1) is 0 Å². The molecule has 3 nitrogen and oxygen atoms in total. The Bertz CT molecular complexity index is 440. The van der Waals surface area contributed by atoms with E-state index in [9.17, 15) is 4.79 Å². The van der Waals surface area contributed by atoms with E-state index in [-0.39, 0.29) is 0 Å². The molecule has 0 N–H and O–H groups in total. The number of ether oxygens (including phenoxy) is 2. The minimum Gasteiger partial charge on any atom is -0.438 e. The van der Waals surface area contributed by atoms with Gasteiger partial charge in [0.25, 0.3) is 0 Å². The van der Waals surface area contributed by atoms with Gasteiger partial charge in [-0.05, 0) is 55.2 Å². The molecule has 0 aliphatic heterocycles. The molecule has 0 amide bonds. The third-order valence-electron chi connectivity index (χ3n) is 4.25. The molecule has 0 aliphatic carbocycles. The number of hydrogen-bond donors (Lipinski definition) is 0. The quantitative estimate of drug-likeness (QED) is 0.354. The summed E-state index contributed by atoms with van der Waals surface area (Å²) >= 11 is 0.